The smallest absolute Gasteiger partial charge is 0.191 e. The normalized spacial score (nSPS) is 21.5. The predicted molar refractivity (Wildman–Crippen MR) is 146 cm³/mol. The minimum Gasteiger partial charge on any atom is -0.379 e. The first-order valence-electron chi connectivity index (χ1n) is 12.3. The van der Waals surface area contributed by atoms with Gasteiger partial charge < -0.3 is 20.1 Å². The number of guanidine groups is 1. The molecule has 2 heterocycles. The molecule has 1 aromatic carbocycles. The minimum absolute atomic E-state index is 0. The number of ether oxygens (including phenoxy) is 2. The zero-order valence-electron chi connectivity index (χ0n) is 20.9. The number of aliphatic imine (C=N–C) groups is 1. The standard InChI is InChI=1S/C25H43N5O2.HI/c1-5-26-25(28-17-24(20(2)3)30-10-12-31-13-11-30)27-16-22-7-6-8-23(15-22)19-29-9-14-32-21(4)18-29;/h6-8,15,20-21,24H,5,9-14,16-19H2,1-4H3,(H2,26,27,28);1H. The zero-order valence-corrected chi connectivity index (χ0v) is 23.2. The lowest BCUT2D eigenvalue weighted by Crippen LogP contribution is -2.52. The number of morpholine rings is 2. The van der Waals surface area contributed by atoms with Crippen molar-refractivity contribution in [3.63, 3.8) is 0 Å². The summed E-state index contributed by atoms with van der Waals surface area (Å²) in [5.74, 6) is 1.46. The SMILES string of the molecule is CCNC(=NCc1cccc(CN2CCOC(C)C2)c1)NCC(C(C)C)N1CCOCC1.I. The zero-order chi connectivity index (χ0) is 22.8. The molecule has 2 unspecified atom stereocenters. The van der Waals surface area contributed by atoms with Crippen LogP contribution in [0.25, 0.3) is 0 Å². The number of benzene rings is 1. The number of hydrogen-bond acceptors (Lipinski definition) is 5. The van der Waals surface area contributed by atoms with Crippen LogP contribution >= 0.6 is 24.0 Å². The summed E-state index contributed by atoms with van der Waals surface area (Å²) >= 11 is 0. The molecule has 3 rings (SSSR count). The van der Waals surface area contributed by atoms with Gasteiger partial charge in [-0.15, -0.1) is 24.0 Å². The monoisotopic (exact) mass is 573 g/mol. The van der Waals surface area contributed by atoms with Crippen molar-refractivity contribution in [1.82, 2.24) is 20.4 Å². The van der Waals surface area contributed by atoms with Gasteiger partial charge in [0.2, 0.25) is 0 Å². The van der Waals surface area contributed by atoms with E-state index in [0.29, 0.717) is 24.6 Å². The fourth-order valence-electron chi connectivity index (χ4n) is 4.53. The molecule has 0 radical (unpaired) electrons. The molecule has 0 saturated carbocycles. The summed E-state index contributed by atoms with van der Waals surface area (Å²) in [5, 5.41) is 7.00. The van der Waals surface area contributed by atoms with E-state index < -0.39 is 0 Å². The summed E-state index contributed by atoms with van der Waals surface area (Å²) in [6.45, 7) is 18.7. The third kappa shape index (κ3) is 9.68. The Bertz CT molecular complexity index is 712. The highest BCUT2D eigenvalue weighted by Crippen LogP contribution is 2.14. The van der Waals surface area contributed by atoms with Gasteiger partial charge in [-0.25, -0.2) is 4.99 Å². The Morgan fingerprint density at radius 1 is 1.12 bits per heavy atom. The van der Waals surface area contributed by atoms with Crippen LogP contribution in [0.3, 0.4) is 0 Å². The van der Waals surface area contributed by atoms with Gasteiger partial charge in [0.25, 0.3) is 0 Å². The Morgan fingerprint density at radius 3 is 2.58 bits per heavy atom. The maximum Gasteiger partial charge on any atom is 0.191 e. The Kier molecular flexibility index (Phi) is 13.0. The van der Waals surface area contributed by atoms with Gasteiger partial charge in [0.1, 0.15) is 0 Å². The number of rotatable bonds is 9. The molecule has 2 N–H and O–H groups in total. The topological polar surface area (TPSA) is 61.4 Å². The molecule has 0 bridgehead atoms. The molecule has 0 aliphatic carbocycles. The summed E-state index contributed by atoms with van der Waals surface area (Å²) in [6, 6.07) is 9.30. The van der Waals surface area contributed by atoms with Crippen LogP contribution in [0, 0.1) is 5.92 Å². The number of nitrogens with one attached hydrogen (secondary N) is 2. The highest BCUT2D eigenvalue weighted by atomic mass is 127. The number of hydrogen-bond donors (Lipinski definition) is 2. The van der Waals surface area contributed by atoms with Crippen molar-refractivity contribution in [2.24, 2.45) is 10.9 Å². The van der Waals surface area contributed by atoms with Gasteiger partial charge >= 0.3 is 0 Å². The molecule has 7 nitrogen and oxygen atoms in total. The van der Waals surface area contributed by atoms with Crippen molar-refractivity contribution in [3.8, 4) is 0 Å². The maximum absolute atomic E-state index is 5.67. The Hall–Kier alpha value is -0.940. The summed E-state index contributed by atoms with van der Waals surface area (Å²) in [4.78, 5) is 9.89. The van der Waals surface area contributed by atoms with Gasteiger partial charge in [-0.1, -0.05) is 38.1 Å². The first kappa shape index (κ1) is 28.3. The average Bonchev–Trinajstić information content (AvgIpc) is 2.78. The lowest BCUT2D eigenvalue weighted by atomic mass is 10.0. The largest absolute Gasteiger partial charge is 0.379 e. The lowest BCUT2D eigenvalue weighted by Gasteiger charge is -2.37. The third-order valence-electron chi connectivity index (χ3n) is 6.25. The Morgan fingerprint density at radius 2 is 1.88 bits per heavy atom. The Labute approximate surface area is 217 Å². The van der Waals surface area contributed by atoms with Gasteiger partial charge in [-0.2, -0.15) is 0 Å². The molecule has 188 valence electrons. The number of nitrogens with zero attached hydrogens (tertiary/aromatic N) is 3. The summed E-state index contributed by atoms with van der Waals surface area (Å²) in [5.41, 5.74) is 2.59. The highest BCUT2D eigenvalue weighted by Gasteiger charge is 2.24. The molecule has 0 amide bonds. The van der Waals surface area contributed by atoms with E-state index in [0.717, 1.165) is 71.6 Å². The van der Waals surface area contributed by atoms with Crippen molar-refractivity contribution >= 4 is 29.9 Å². The van der Waals surface area contributed by atoms with E-state index in [2.05, 4.69) is 72.4 Å². The van der Waals surface area contributed by atoms with Gasteiger partial charge in [0.05, 0.1) is 32.5 Å². The molecular formula is C25H44IN5O2. The Balaban J connectivity index is 0.00000385. The van der Waals surface area contributed by atoms with Crippen LogP contribution in [0.4, 0.5) is 0 Å². The fraction of sp³-hybridized carbons (Fsp3) is 0.720. The van der Waals surface area contributed by atoms with Gasteiger partial charge in [-0.05, 0) is 30.9 Å². The molecule has 2 aliphatic heterocycles. The molecule has 2 atom stereocenters. The molecular weight excluding hydrogens is 529 g/mol. The first-order valence-corrected chi connectivity index (χ1v) is 12.3. The first-order chi connectivity index (χ1) is 15.5. The van der Waals surface area contributed by atoms with Crippen LogP contribution in [0.15, 0.2) is 29.3 Å². The molecule has 1 aromatic rings. The molecule has 2 fully saturated rings. The van der Waals surface area contributed by atoms with Gasteiger partial charge in [0, 0.05) is 51.9 Å². The van der Waals surface area contributed by atoms with E-state index in [1.807, 2.05) is 0 Å². The molecule has 2 saturated heterocycles. The van der Waals surface area contributed by atoms with Gasteiger partial charge in [-0.3, -0.25) is 9.80 Å². The maximum atomic E-state index is 5.67. The van der Waals surface area contributed by atoms with Crippen LogP contribution in [-0.2, 0) is 22.6 Å². The van der Waals surface area contributed by atoms with Crippen LogP contribution in [-0.4, -0.2) is 87.0 Å². The third-order valence-corrected chi connectivity index (χ3v) is 6.25. The molecule has 2 aliphatic rings. The molecule has 0 spiro atoms. The van der Waals surface area contributed by atoms with E-state index >= 15 is 0 Å². The van der Waals surface area contributed by atoms with Crippen molar-refractivity contribution in [1.29, 1.82) is 0 Å². The molecule has 33 heavy (non-hydrogen) atoms. The van der Waals surface area contributed by atoms with E-state index in [9.17, 15) is 0 Å². The highest BCUT2D eigenvalue weighted by molar-refractivity contribution is 14.0. The van der Waals surface area contributed by atoms with Crippen molar-refractivity contribution in [2.75, 3.05) is 59.1 Å². The lowest BCUT2D eigenvalue weighted by molar-refractivity contribution is -0.0212. The van der Waals surface area contributed by atoms with Crippen LogP contribution in [0.1, 0.15) is 38.8 Å². The minimum atomic E-state index is 0. The quantitative estimate of drug-likeness (QED) is 0.269. The summed E-state index contributed by atoms with van der Waals surface area (Å²) in [7, 11) is 0. The summed E-state index contributed by atoms with van der Waals surface area (Å²) in [6.07, 6.45) is 0.317. The second-order valence-corrected chi connectivity index (χ2v) is 9.27. The van der Waals surface area contributed by atoms with E-state index in [4.69, 9.17) is 14.5 Å². The number of halogens is 1. The van der Waals surface area contributed by atoms with E-state index in [-0.39, 0.29) is 24.0 Å². The second-order valence-electron chi connectivity index (χ2n) is 9.27. The van der Waals surface area contributed by atoms with E-state index in [1.165, 1.54) is 11.1 Å². The van der Waals surface area contributed by atoms with Crippen molar-refractivity contribution < 1.29 is 9.47 Å². The molecule has 0 aromatic heterocycles. The van der Waals surface area contributed by atoms with E-state index in [1.54, 1.807) is 0 Å². The average molecular weight is 574 g/mol. The van der Waals surface area contributed by atoms with Gasteiger partial charge in [0.15, 0.2) is 5.96 Å². The summed E-state index contributed by atoms with van der Waals surface area (Å²) < 4.78 is 11.2. The van der Waals surface area contributed by atoms with Crippen LogP contribution < -0.4 is 10.6 Å². The fourth-order valence-corrected chi connectivity index (χ4v) is 4.53. The van der Waals surface area contributed by atoms with Crippen LogP contribution in [0.5, 0.6) is 0 Å². The molecule has 8 heteroatoms. The van der Waals surface area contributed by atoms with Crippen molar-refractivity contribution in [2.45, 2.75) is 52.9 Å². The van der Waals surface area contributed by atoms with Crippen molar-refractivity contribution in [3.05, 3.63) is 35.4 Å². The second kappa shape index (κ2) is 15.1. The van der Waals surface area contributed by atoms with Crippen LogP contribution in [0.2, 0.25) is 0 Å². The predicted octanol–water partition coefficient (Wildman–Crippen LogP) is 2.94.